The van der Waals surface area contributed by atoms with Crippen LogP contribution >= 0.6 is 0 Å². The Bertz CT molecular complexity index is 1360. The van der Waals surface area contributed by atoms with E-state index >= 15 is 0 Å². The summed E-state index contributed by atoms with van der Waals surface area (Å²) >= 11 is 0. The molecule has 0 aliphatic carbocycles. The zero-order valence-electron chi connectivity index (χ0n) is 19.7. The molecule has 4 aromatic rings. The topological polar surface area (TPSA) is 99.2 Å². The largest absolute Gasteiger partial charge is 0.457 e. The molecule has 2 aromatic carbocycles. The molecule has 0 spiro atoms. The van der Waals surface area contributed by atoms with E-state index in [-0.39, 0.29) is 11.9 Å². The van der Waals surface area contributed by atoms with Crippen molar-refractivity contribution in [2.24, 2.45) is 0 Å². The molecule has 1 unspecified atom stereocenters. The summed E-state index contributed by atoms with van der Waals surface area (Å²) in [4.78, 5) is 23.4. The molecule has 3 heterocycles. The maximum Gasteiger partial charge on any atom is 0.249 e. The lowest BCUT2D eigenvalue weighted by atomic mass is 10.0. The van der Waals surface area contributed by atoms with Gasteiger partial charge in [0, 0.05) is 24.2 Å². The van der Waals surface area contributed by atoms with Gasteiger partial charge in [0.1, 0.15) is 29.3 Å². The average Bonchev–Trinajstić information content (AvgIpc) is 3.30. The highest BCUT2D eigenvalue weighted by Crippen LogP contribution is 2.35. The molecule has 8 heteroatoms. The fourth-order valence-corrected chi connectivity index (χ4v) is 4.47. The van der Waals surface area contributed by atoms with Gasteiger partial charge in [-0.2, -0.15) is 5.10 Å². The number of ether oxygens (including phenoxy) is 1. The van der Waals surface area contributed by atoms with Crippen LogP contribution in [0.2, 0.25) is 0 Å². The predicted octanol–water partition coefficient (Wildman–Crippen LogP) is 5.00. The quantitative estimate of drug-likeness (QED) is 0.400. The summed E-state index contributed by atoms with van der Waals surface area (Å²) in [6, 6.07) is 17.4. The molecule has 2 N–H and O–H groups in total. The fourth-order valence-electron chi connectivity index (χ4n) is 4.47. The number of anilines is 1. The molecule has 0 radical (unpaired) electrons. The molecular formula is C27H28N6O2. The van der Waals surface area contributed by atoms with Gasteiger partial charge in [-0.1, -0.05) is 31.7 Å². The van der Waals surface area contributed by atoms with E-state index < -0.39 is 0 Å². The number of nitrogens with two attached hydrogens (primary N) is 1. The van der Waals surface area contributed by atoms with E-state index in [0.29, 0.717) is 41.1 Å². The SMILES string of the molecule is C=C(CC)C(=O)N1CCCC(n2nc(-c3ccc(Oc4ccccc4)cc3)c3c(N)ncnc32)C1. The Morgan fingerprint density at radius 3 is 2.60 bits per heavy atom. The van der Waals surface area contributed by atoms with E-state index in [0.717, 1.165) is 36.4 Å². The summed E-state index contributed by atoms with van der Waals surface area (Å²) in [7, 11) is 0. The van der Waals surface area contributed by atoms with Crippen molar-refractivity contribution in [3.8, 4) is 22.8 Å². The van der Waals surface area contributed by atoms with Gasteiger partial charge in [-0.15, -0.1) is 0 Å². The number of piperidine rings is 1. The second-order valence-corrected chi connectivity index (χ2v) is 8.69. The van der Waals surface area contributed by atoms with Crippen molar-refractivity contribution in [3.05, 3.63) is 73.1 Å². The molecule has 35 heavy (non-hydrogen) atoms. The number of carbonyl (C=O) groups excluding carboxylic acids is 1. The van der Waals surface area contributed by atoms with Crippen LogP contribution in [0.4, 0.5) is 5.82 Å². The standard InChI is InChI=1S/C27H28N6O2/c1-3-18(2)27(34)32-15-7-8-20(16-32)33-26-23(25(28)29-17-30-26)24(31-33)19-11-13-22(14-12-19)35-21-9-5-4-6-10-21/h4-6,9-14,17,20H,2-3,7-8,15-16H2,1H3,(H2,28,29,30). The van der Waals surface area contributed by atoms with E-state index in [1.54, 1.807) is 0 Å². The van der Waals surface area contributed by atoms with Gasteiger partial charge >= 0.3 is 0 Å². The number of amides is 1. The molecule has 1 saturated heterocycles. The van der Waals surface area contributed by atoms with Crippen molar-refractivity contribution >= 4 is 22.8 Å². The summed E-state index contributed by atoms with van der Waals surface area (Å²) in [6.45, 7) is 7.15. The summed E-state index contributed by atoms with van der Waals surface area (Å²) in [5, 5.41) is 5.66. The van der Waals surface area contributed by atoms with Gasteiger partial charge in [-0.25, -0.2) is 14.6 Å². The third kappa shape index (κ3) is 4.47. The Morgan fingerprint density at radius 2 is 1.86 bits per heavy atom. The van der Waals surface area contributed by atoms with Crippen LogP contribution in [0, 0.1) is 0 Å². The van der Waals surface area contributed by atoms with Crippen LogP contribution in [0.15, 0.2) is 73.1 Å². The molecule has 2 aromatic heterocycles. The first-order valence-corrected chi connectivity index (χ1v) is 11.8. The van der Waals surface area contributed by atoms with Crippen molar-refractivity contribution in [3.63, 3.8) is 0 Å². The molecule has 1 aliphatic rings. The van der Waals surface area contributed by atoms with Crippen LogP contribution in [-0.2, 0) is 4.79 Å². The number of hydrogen-bond donors (Lipinski definition) is 1. The molecule has 1 aliphatic heterocycles. The Kier molecular flexibility index (Phi) is 6.18. The lowest BCUT2D eigenvalue weighted by Gasteiger charge is -2.33. The number of aromatic nitrogens is 4. The van der Waals surface area contributed by atoms with Crippen LogP contribution in [0.5, 0.6) is 11.5 Å². The van der Waals surface area contributed by atoms with E-state index in [1.165, 1.54) is 6.33 Å². The molecule has 1 atom stereocenters. The summed E-state index contributed by atoms with van der Waals surface area (Å²) in [6.07, 6.45) is 3.88. The van der Waals surface area contributed by atoms with Crippen LogP contribution in [-0.4, -0.2) is 43.6 Å². The Balaban J connectivity index is 1.48. The minimum Gasteiger partial charge on any atom is -0.457 e. The summed E-state index contributed by atoms with van der Waals surface area (Å²) in [5.41, 5.74) is 9.20. The molecule has 178 valence electrons. The molecule has 1 amide bonds. The van der Waals surface area contributed by atoms with E-state index in [1.807, 2.05) is 71.1 Å². The summed E-state index contributed by atoms with van der Waals surface area (Å²) in [5.74, 6) is 1.89. The number of carbonyl (C=O) groups is 1. The number of nitrogen functional groups attached to an aromatic ring is 1. The van der Waals surface area contributed by atoms with Crippen LogP contribution in [0.1, 0.15) is 32.2 Å². The minimum absolute atomic E-state index is 0.0106. The number of rotatable bonds is 6. The highest BCUT2D eigenvalue weighted by molar-refractivity contribution is 5.98. The fraction of sp³-hybridized carbons (Fsp3) is 0.259. The van der Waals surface area contributed by atoms with Crippen molar-refractivity contribution in [2.45, 2.75) is 32.2 Å². The van der Waals surface area contributed by atoms with Gasteiger partial charge in [0.25, 0.3) is 0 Å². The third-order valence-corrected chi connectivity index (χ3v) is 6.38. The first kappa shape index (κ1) is 22.6. The van der Waals surface area contributed by atoms with E-state index in [4.69, 9.17) is 15.6 Å². The predicted molar refractivity (Wildman–Crippen MR) is 136 cm³/mol. The average molecular weight is 469 g/mol. The van der Waals surface area contributed by atoms with Crippen LogP contribution in [0.25, 0.3) is 22.3 Å². The molecule has 0 saturated carbocycles. The lowest BCUT2D eigenvalue weighted by molar-refractivity contribution is -0.128. The maximum absolute atomic E-state index is 12.8. The number of nitrogens with zero attached hydrogens (tertiary/aromatic N) is 5. The third-order valence-electron chi connectivity index (χ3n) is 6.38. The highest BCUT2D eigenvalue weighted by atomic mass is 16.5. The number of hydrogen-bond acceptors (Lipinski definition) is 6. The molecule has 0 bridgehead atoms. The smallest absolute Gasteiger partial charge is 0.249 e. The molecular weight excluding hydrogens is 440 g/mol. The Morgan fingerprint density at radius 1 is 1.11 bits per heavy atom. The van der Waals surface area contributed by atoms with Crippen molar-refractivity contribution in [1.82, 2.24) is 24.6 Å². The minimum atomic E-state index is -0.0106. The lowest BCUT2D eigenvalue weighted by Crippen LogP contribution is -2.41. The van der Waals surface area contributed by atoms with Crippen LogP contribution in [0.3, 0.4) is 0 Å². The second-order valence-electron chi connectivity index (χ2n) is 8.69. The van der Waals surface area contributed by atoms with Crippen molar-refractivity contribution in [2.75, 3.05) is 18.8 Å². The van der Waals surface area contributed by atoms with E-state index in [9.17, 15) is 4.79 Å². The Hall–Kier alpha value is -4.20. The van der Waals surface area contributed by atoms with Gasteiger partial charge in [-0.3, -0.25) is 4.79 Å². The van der Waals surface area contributed by atoms with E-state index in [2.05, 4.69) is 16.5 Å². The highest BCUT2D eigenvalue weighted by Gasteiger charge is 2.29. The zero-order valence-corrected chi connectivity index (χ0v) is 19.7. The van der Waals surface area contributed by atoms with Gasteiger partial charge in [0.2, 0.25) is 5.91 Å². The first-order chi connectivity index (χ1) is 17.0. The van der Waals surface area contributed by atoms with Gasteiger partial charge in [-0.05, 0) is 55.7 Å². The van der Waals surface area contributed by atoms with Crippen LogP contribution < -0.4 is 10.5 Å². The monoisotopic (exact) mass is 468 g/mol. The second kappa shape index (κ2) is 9.58. The molecule has 5 rings (SSSR count). The number of fused-ring (bicyclic) bond motifs is 1. The van der Waals surface area contributed by atoms with Gasteiger partial charge < -0.3 is 15.4 Å². The molecule has 8 nitrogen and oxygen atoms in total. The maximum atomic E-state index is 12.8. The number of likely N-dealkylation sites (tertiary alicyclic amines) is 1. The van der Waals surface area contributed by atoms with Crippen molar-refractivity contribution in [1.29, 1.82) is 0 Å². The van der Waals surface area contributed by atoms with Gasteiger partial charge in [0.15, 0.2) is 5.65 Å². The number of para-hydroxylation sites is 1. The Labute approximate surface area is 204 Å². The summed E-state index contributed by atoms with van der Waals surface area (Å²) < 4.78 is 7.83. The van der Waals surface area contributed by atoms with Gasteiger partial charge in [0.05, 0.1) is 11.4 Å². The number of benzene rings is 2. The first-order valence-electron chi connectivity index (χ1n) is 11.8. The van der Waals surface area contributed by atoms with Crippen molar-refractivity contribution < 1.29 is 9.53 Å². The molecule has 1 fully saturated rings. The zero-order chi connectivity index (χ0) is 24.4. The normalized spacial score (nSPS) is 15.8.